The van der Waals surface area contributed by atoms with Crippen LogP contribution in [0.2, 0.25) is 0 Å². The van der Waals surface area contributed by atoms with Crippen molar-refractivity contribution >= 4 is 12.0 Å². The number of carbonyl (C=O) groups excluding carboxylic acids is 1. The first-order chi connectivity index (χ1) is 10.1. The highest BCUT2D eigenvalue weighted by Crippen LogP contribution is 2.28. The number of carboxylic acid groups (broad SMARTS) is 1. The van der Waals surface area contributed by atoms with E-state index in [2.05, 4.69) is 15.6 Å². The van der Waals surface area contributed by atoms with Gasteiger partial charge in [-0.2, -0.15) is 0 Å². The molecule has 0 radical (unpaired) electrons. The zero-order chi connectivity index (χ0) is 15.1. The molecule has 1 fully saturated rings. The Kier molecular flexibility index (Phi) is 5.19. The number of amides is 2. The Morgan fingerprint density at radius 3 is 2.67 bits per heavy atom. The summed E-state index contributed by atoms with van der Waals surface area (Å²) in [5, 5.41) is 14.8. The van der Waals surface area contributed by atoms with Gasteiger partial charge >= 0.3 is 12.0 Å². The number of aliphatic carboxylic acids is 1. The Morgan fingerprint density at radius 2 is 2.05 bits per heavy atom. The van der Waals surface area contributed by atoms with Gasteiger partial charge < -0.3 is 20.3 Å². The summed E-state index contributed by atoms with van der Waals surface area (Å²) in [6.07, 6.45) is 9.78. The summed E-state index contributed by atoms with van der Waals surface area (Å²) in [5.41, 5.74) is -1.09. The highest BCUT2D eigenvalue weighted by atomic mass is 16.4. The average molecular weight is 294 g/mol. The Morgan fingerprint density at radius 1 is 1.29 bits per heavy atom. The van der Waals surface area contributed by atoms with E-state index in [1.165, 1.54) is 0 Å². The van der Waals surface area contributed by atoms with Crippen LogP contribution in [0.5, 0.6) is 0 Å². The molecule has 7 nitrogen and oxygen atoms in total. The summed E-state index contributed by atoms with van der Waals surface area (Å²) in [4.78, 5) is 27.3. The van der Waals surface area contributed by atoms with E-state index in [4.69, 9.17) is 0 Å². The highest BCUT2D eigenvalue weighted by molar-refractivity contribution is 5.86. The SMILES string of the molecule is O=C(NCCCn1ccnc1)NC1(C(=O)O)CCCCC1. The first-order valence-electron chi connectivity index (χ1n) is 7.37. The molecule has 0 spiro atoms. The lowest BCUT2D eigenvalue weighted by Crippen LogP contribution is -2.58. The van der Waals surface area contributed by atoms with Crippen molar-refractivity contribution in [2.75, 3.05) is 6.54 Å². The molecule has 0 aromatic carbocycles. The van der Waals surface area contributed by atoms with Gasteiger partial charge in [-0.05, 0) is 19.3 Å². The van der Waals surface area contributed by atoms with E-state index in [0.717, 1.165) is 32.2 Å². The summed E-state index contributed by atoms with van der Waals surface area (Å²) in [7, 11) is 0. The van der Waals surface area contributed by atoms with Crippen molar-refractivity contribution < 1.29 is 14.7 Å². The summed E-state index contributed by atoms with van der Waals surface area (Å²) < 4.78 is 1.93. The van der Waals surface area contributed by atoms with Gasteiger partial charge in [-0.15, -0.1) is 0 Å². The Hall–Kier alpha value is -2.05. The van der Waals surface area contributed by atoms with Gasteiger partial charge in [-0.3, -0.25) is 0 Å². The molecule has 2 rings (SSSR count). The van der Waals surface area contributed by atoms with Crippen LogP contribution in [0.1, 0.15) is 38.5 Å². The lowest BCUT2D eigenvalue weighted by Gasteiger charge is -2.33. The quantitative estimate of drug-likeness (QED) is 0.690. The van der Waals surface area contributed by atoms with E-state index in [-0.39, 0.29) is 0 Å². The first kappa shape index (κ1) is 15.3. The molecule has 1 aliphatic carbocycles. The molecule has 0 aliphatic heterocycles. The molecule has 1 aromatic rings. The second kappa shape index (κ2) is 7.10. The van der Waals surface area contributed by atoms with Gasteiger partial charge in [-0.1, -0.05) is 19.3 Å². The van der Waals surface area contributed by atoms with Crippen LogP contribution in [0.15, 0.2) is 18.7 Å². The number of aryl methyl sites for hydroxylation is 1. The minimum absolute atomic E-state index is 0.398. The topological polar surface area (TPSA) is 96.3 Å². The number of rotatable bonds is 6. The fourth-order valence-corrected chi connectivity index (χ4v) is 2.69. The Bertz CT molecular complexity index is 467. The van der Waals surface area contributed by atoms with E-state index >= 15 is 0 Å². The molecule has 0 saturated heterocycles. The zero-order valence-electron chi connectivity index (χ0n) is 12.0. The van der Waals surface area contributed by atoms with E-state index in [1.807, 2.05) is 10.8 Å². The summed E-state index contributed by atoms with van der Waals surface area (Å²) in [5.74, 6) is -0.934. The second-order valence-corrected chi connectivity index (χ2v) is 5.48. The van der Waals surface area contributed by atoms with Gasteiger partial charge in [0.1, 0.15) is 5.54 Å². The van der Waals surface area contributed by atoms with Gasteiger partial charge in [0.15, 0.2) is 0 Å². The third-order valence-corrected chi connectivity index (χ3v) is 3.91. The predicted octanol–water partition coefficient (Wildman–Crippen LogP) is 1.36. The summed E-state index contributed by atoms with van der Waals surface area (Å²) in [6.45, 7) is 1.27. The van der Waals surface area contributed by atoms with Crippen LogP contribution in [0.25, 0.3) is 0 Å². The van der Waals surface area contributed by atoms with E-state index < -0.39 is 17.5 Å². The third kappa shape index (κ3) is 4.21. The molecule has 3 N–H and O–H groups in total. The van der Waals surface area contributed by atoms with Crippen LogP contribution >= 0.6 is 0 Å². The van der Waals surface area contributed by atoms with Crippen molar-refractivity contribution in [1.29, 1.82) is 0 Å². The fraction of sp³-hybridized carbons (Fsp3) is 0.643. The van der Waals surface area contributed by atoms with Gasteiger partial charge in [0.2, 0.25) is 0 Å². The van der Waals surface area contributed by atoms with E-state index in [9.17, 15) is 14.7 Å². The summed E-state index contributed by atoms with van der Waals surface area (Å²) in [6, 6.07) is -0.398. The van der Waals surface area contributed by atoms with E-state index in [1.54, 1.807) is 12.5 Å². The number of aromatic nitrogens is 2. The molecule has 0 unspecified atom stereocenters. The Labute approximate surface area is 123 Å². The summed E-state index contributed by atoms with van der Waals surface area (Å²) >= 11 is 0. The standard InChI is InChI=1S/C14H22N4O3/c19-12(20)14(5-2-1-3-6-14)17-13(21)16-7-4-9-18-10-8-15-11-18/h8,10-11H,1-7,9H2,(H,19,20)(H2,16,17,21). The van der Waals surface area contributed by atoms with Crippen molar-refractivity contribution in [2.45, 2.75) is 50.6 Å². The lowest BCUT2D eigenvalue weighted by molar-refractivity contribution is -0.145. The van der Waals surface area contributed by atoms with Crippen LogP contribution in [0, 0.1) is 0 Å². The second-order valence-electron chi connectivity index (χ2n) is 5.48. The van der Waals surface area contributed by atoms with Crippen molar-refractivity contribution in [1.82, 2.24) is 20.2 Å². The number of imidazole rings is 1. The maximum atomic E-state index is 11.9. The minimum atomic E-state index is -1.09. The lowest BCUT2D eigenvalue weighted by atomic mass is 9.82. The average Bonchev–Trinajstić information content (AvgIpc) is 2.98. The van der Waals surface area contributed by atoms with Crippen molar-refractivity contribution in [3.05, 3.63) is 18.7 Å². The van der Waals surface area contributed by atoms with Crippen LogP contribution in [-0.4, -0.2) is 38.7 Å². The fourth-order valence-electron chi connectivity index (χ4n) is 2.69. The molecule has 1 saturated carbocycles. The van der Waals surface area contributed by atoms with Crippen LogP contribution in [-0.2, 0) is 11.3 Å². The largest absolute Gasteiger partial charge is 0.480 e. The number of nitrogens with zero attached hydrogens (tertiary/aromatic N) is 2. The molecule has 2 amide bonds. The van der Waals surface area contributed by atoms with Crippen LogP contribution in [0.4, 0.5) is 4.79 Å². The molecule has 0 bridgehead atoms. The molecule has 7 heteroatoms. The molecule has 116 valence electrons. The maximum Gasteiger partial charge on any atom is 0.329 e. The van der Waals surface area contributed by atoms with Gasteiger partial charge in [0.25, 0.3) is 0 Å². The normalized spacial score (nSPS) is 17.1. The third-order valence-electron chi connectivity index (χ3n) is 3.91. The number of carboxylic acids is 1. The van der Waals surface area contributed by atoms with Crippen LogP contribution < -0.4 is 10.6 Å². The Balaban J connectivity index is 1.73. The number of hydrogen-bond acceptors (Lipinski definition) is 3. The zero-order valence-corrected chi connectivity index (χ0v) is 12.0. The monoisotopic (exact) mass is 294 g/mol. The molecule has 1 aromatic heterocycles. The number of carbonyl (C=O) groups is 2. The maximum absolute atomic E-state index is 11.9. The van der Waals surface area contributed by atoms with Gasteiger partial charge in [0, 0.05) is 25.5 Å². The molecule has 0 atom stereocenters. The molecule has 1 aliphatic rings. The van der Waals surface area contributed by atoms with E-state index in [0.29, 0.717) is 19.4 Å². The van der Waals surface area contributed by atoms with Crippen molar-refractivity contribution in [3.63, 3.8) is 0 Å². The predicted molar refractivity (Wildman–Crippen MR) is 76.8 cm³/mol. The van der Waals surface area contributed by atoms with Crippen LogP contribution in [0.3, 0.4) is 0 Å². The van der Waals surface area contributed by atoms with Gasteiger partial charge in [-0.25, -0.2) is 14.6 Å². The minimum Gasteiger partial charge on any atom is -0.480 e. The number of urea groups is 1. The van der Waals surface area contributed by atoms with Gasteiger partial charge in [0.05, 0.1) is 6.33 Å². The molecule has 1 heterocycles. The molecular weight excluding hydrogens is 272 g/mol. The highest BCUT2D eigenvalue weighted by Gasteiger charge is 2.40. The smallest absolute Gasteiger partial charge is 0.329 e. The number of hydrogen-bond donors (Lipinski definition) is 3. The number of nitrogens with one attached hydrogen (secondary N) is 2. The molecular formula is C14H22N4O3. The first-order valence-corrected chi connectivity index (χ1v) is 7.37. The van der Waals surface area contributed by atoms with Crippen molar-refractivity contribution in [2.24, 2.45) is 0 Å². The van der Waals surface area contributed by atoms with Crippen molar-refractivity contribution in [3.8, 4) is 0 Å². The molecule has 21 heavy (non-hydrogen) atoms.